The first-order valence-electron chi connectivity index (χ1n) is 6.53. The van der Waals surface area contributed by atoms with Gasteiger partial charge in [0.15, 0.2) is 0 Å². The molecule has 1 aromatic rings. The Bertz CT molecular complexity index is 459. The van der Waals surface area contributed by atoms with Crippen molar-refractivity contribution in [3.8, 4) is 0 Å². The fraction of sp³-hybridized carbons (Fsp3) is 0.500. The highest BCUT2D eigenvalue weighted by molar-refractivity contribution is 9.10. The fourth-order valence-corrected chi connectivity index (χ4v) is 2.92. The van der Waals surface area contributed by atoms with Crippen LogP contribution >= 0.6 is 15.9 Å². The van der Waals surface area contributed by atoms with Gasteiger partial charge in [-0.2, -0.15) is 0 Å². The standard InChI is InChI=1S/C14H18BrFN2O/c15-11-3-6-13(16)10(7-11)8-18-12-4-1-9(2-5-12)14(17)19/h3,6-7,9,12,18H,1-2,4-5,8H2,(H2,17,19). The predicted octanol–water partition coefficient (Wildman–Crippen LogP) is 2.72. The van der Waals surface area contributed by atoms with Crippen LogP contribution in [-0.4, -0.2) is 11.9 Å². The summed E-state index contributed by atoms with van der Waals surface area (Å²) in [6, 6.07) is 5.29. The van der Waals surface area contributed by atoms with Crippen LogP contribution < -0.4 is 11.1 Å². The lowest BCUT2D eigenvalue weighted by Crippen LogP contribution is -2.36. The van der Waals surface area contributed by atoms with Crippen molar-refractivity contribution >= 4 is 21.8 Å². The number of amides is 1. The SMILES string of the molecule is NC(=O)C1CCC(NCc2cc(Br)ccc2F)CC1. The van der Waals surface area contributed by atoms with Gasteiger partial charge in [-0.25, -0.2) is 4.39 Å². The maximum absolute atomic E-state index is 13.6. The maximum Gasteiger partial charge on any atom is 0.220 e. The third-order valence-corrected chi connectivity index (χ3v) is 4.21. The van der Waals surface area contributed by atoms with Gasteiger partial charge in [-0.3, -0.25) is 4.79 Å². The Hall–Kier alpha value is -0.940. The molecule has 0 unspecified atom stereocenters. The lowest BCUT2D eigenvalue weighted by Gasteiger charge is -2.27. The highest BCUT2D eigenvalue weighted by Gasteiger charge is 2.24. The summed E-state index contributed by atoms with van der Waals surface area (Å²) in [6.07, 6.45) is 3.49. The lowest BCUT2D eigenvalue weighted by molar-refractivity contribution is -0.122. The molecule has 1 aliphatic carbocycles. The summed E-state index contributed by atoms with van der Waals surface area (Å²) in [5.41, 5.74) is 5.96. The van der Waals surface area contributed by atoms with Gasteiger partial charge in [0.2, 0.25) is 5.91 Å². The van der Waals surface area contributed by atoms with Crippen molar-refractivity contribution in [2.75, 3.05) is 0 Å². The zero-order chi connectivity index (χ0) is 13.8. The Labute approximate surface area is 120 Å². The molecular formula is C14H18BrFN2O. The van der Waals surface area contributed by atoms with Crippen molar-refractivity contribution in [2.45, 2.75) is 38.3 Å². The van der Waals surface area contributed by atoms with E-state index in [9.17, 15) is 9.18 Å². The van der Waals surface area contributed by atoms with Crippen molar-refractivity contribution in [2.24, 2.45) is 11.7 Å². The van der Waals surface area contributed by atoms with E-state index >= 15 is 0 Å². The molecule has 1 amide bonds. The number of nitrogens with two attached hydrogens (primary N) is 1. The van der Waals surface area contributed by atoms with Gasteiger partial charge in [0.1, 0.15) is 5.82 Å². The van der Waals surface area contributed by atoms with Crippen LogP contribution in [0.25, 0.3) is 0 Å². The van der Waals surface area contributed by atoms with Crippen LogP contribution in [0.1, 0.15) is 31.2 Å². The molecule has 1 fully saturated rings. The third-order valence-electron chi connectivity index (χ3n) is 3.72. The smallest absolute Gasteiger partial charge is 0.220 e. The van der Waals surface area contributed by atoms with Gasteiger partial charge in [0.05, 0.1) is 0 Å². The van der Waals surface area contributed by atoms with Gasteiger partial charge >= 0.3 is 0 Å². The Morgan fingerprint density at radius 3 is 2.68 bits per heavy atom. The summed E-state index contributed by atoms with van der Waals surface area (Å²) in [6.45, 7) is 0.511. The monoisotopic (exact) mass is 328 g/mol. The maximum atomic E-state index is 13.6. The molecule has 0 spiro atoms. The highest BCUT2D eigenvalue weighted by Crippen LogP contribution is 2.24. The zero-order valence-electron chi connectivity index (χ0n) is 10.7. The Balaban J connectivity index is 1.83. The van der Waals surface area contributed by atoms with E-state index in [4.69, 9.17) is 5.73 Å². The molecule has 1 aromatic carbocycles. The molecule has 1 saturated carbocycles. The number of primary amides is 1. The lowest BCUT2D eigenvalue weighted by atomic mass is 9.85. The zero-order valence-corrected chi connectivity index (χ0v) is 12.2. The van der Waals surface area contributed by atoms with Crippen LogP contribution in [0, 0.1) is 11.7 Å². The predicted molar refractivity (Wildman–Crippen MR) is 75.9 cm³/mol. The minimum atomic E-state index is -0.198. The molecule has 0 aromatic heterocycles. The van der Waals surface area contributed by atoms with Gasteiger partial charge < -0.3 is 11.1 Å². The number of carbonyl (C=O) groups excluding carboxylic acids is 1. The van der Waals surface area contributed by atoms with E-state index in [-0.39, 0.29) is 17.6 Å². The number of nitrogens with one attached hydrogen (secondary N) is 1. The summed E-state index contributed by atoms with van der Waals surface area (Å²) < 4.78 is 14.4. The number of benzene rings is 1. The van der Waals surface area contributed by atoms with E-state index in [1.165, 1.54) is 6.07 Å². The first-order chi connectivity index (χ1) is 9.06. The van der Waals surface area contributed by atoms with E-state index in [0.717, 1.165) is 30.2 Å². The first-order valence-corrected chi connectivity index (χ1v) is 7.32. The third kappa shape index (κ3) is 4.01. The van der Waals surface area contributed by atoms with Crippen molar-refractivity contribution in [3.63, 3.8) is 0 Å². The number of halogens is 2. The van der Waals surface area contributed by atoms with Crippen molar-refractivity contribution in [1.82, 2.24) is 5.32 Å². The molecule has 19 heavy (non-hydrogen) atoms. The van der Waals surface area contributed by atoms with Crippen molar-refractivity contribution < 1.29 is 9.18 Å². The minimum absolute atomic E-state index is 0.0145. The fourth-order valence-electron chi connectivity index (χ4n) is 2.52. The van der Waals surface area contributed by atoms with Crippen LogP contribution in [0.3, 0.4) is 0 Å². The minimum Gasteiger partial charge on any atom is -0.369 e. The Morgan fingerprint density at radius 2 is 2.05 bits per heavy atom. The van der Waals surface area contributed by atoms with Gasteiger partial charge in [0.25, 0.3) is 0 Å². The van der Waals surface area contributed by atoms with Gasteiger partial charge in [-0.05, 0) is 43.9 Å². The summed E-state index contributed by atoms with van der Waals surface area (Å²) in [7, 11) is 0. The van der Waals surface area contributed by atoms with E-state index in [1.807, 2.05) is 0 Å². The van der Waals surface area contributed by atoms with Crippen LogP contribution in [0.4, 0.5) is 4.39 Å². The van der Waals surface area contributed by atoms with Crippen molar-refractivity contribution in [1.29, 1.82) is 0 Å². The number of hydrogen-bond acceptors (Lipinski definition) is 2. The van der Waals surface area contributed by atoms with E-state index in [0.29, 0.717) is 18.2 Å². The summed E-state index contributed by atoms with van der Waals surface area (Å²) >= 11 is 3.34. The van der Waals surface area contributed by atoms with E-state index < -0.39 is 0 Å². The molecule has 0 atom stereocenters. The molecule has 1 aliphatic rings. The van der Waals surface area contributed by atoms with Gasteiger partial charge in [-0.15, -0.1) is 0 Å². The molecular weight excluding hydrogens is 311 g/mol. The van der Waals surface area contributed by atoms with E-state index in [1.54, 1.807) is 12.1 Å². The first kappa shape index (κ1) is 14.5. The largest absolute Gasteiger partial charge is 0.369 e. The summed E-state index contributed by atoms with van der Waals surface area (Å²) in [5.74, 6) is -0.376. The molecule has 3 N–H and O–H groups in total. The second kappa shape index (κ2) is 6.48. The summed E-state index contributed by atoms with van der Waals surface area (Å²) in [5, 5.41) is 3.35. The van der Waals surface area contributed by atoms with Crippen LogP contribution in [0.15, 0.2) is 22.7 Å². The summed E-state index contributed by atoms with van der Waals surface area (Å²) in [4.78, 5) is 11.1. The molecule has 0 radical (unpaired) electrons. The average molecular weight is 329 g/mol. The molecule has 5 heteroatoms. The van der Waals surface area contributed by atoms with Crippen LogP contribution in [-0.2, 0) is 11.3 Å². The highest BCUT2D eigenvalue weighted by atomic mass is 79.9. The quantitative estimate of drug-likeness (QED) is 0.892. The van der Waals surface area contributed by atoms with Crippen molar-refractivity contribution in [3.05, 3.63) is 34.1 Å². The van der Waals surface area contributed by atoms with E-state index in [2.05, 4.69) is 21.2 Å². The molecule has 2 rings (SSSR count). The average Bonchev–Trinajstić information content (AvgIpc) is 2.40. The molecule has 3 nitrogen and oxygen atoms in total. The topological polar surface area (TPSA) is 55.1 Å². The Morgan fingerprint density at radius 1 is 1.37 bits per heavy atom. The second-order valence-electron chi connectivity index (χ2n) is 5.07. The van der Waals surface area contributed by atoms with Crippen LogP contribution in [0.2, 0.25) is 0 Å². The van der Waals surface area contributed by atoms with Crippen LogP contribution in [0.5, 0.6) is 0 Å². The molecule has 0 aliphatic heterocycles. The normalized spacial score (nSPS) is 23.3. The van der Waals surface area contributed by atoms with Gasteiger partial charge in [0, 0.05) is 28.5 Å². The molecule has 0 saturated heterocycles. The van der Waals surface area contributed by atoms with Gasteiger partial charge in [-0.1, -0.05) is 15.9 Å². The number of hydrogen-bond donors (Lipinski definition) is 2. The number of carbonyl (C=O) groups is 1. The molecule has 0 bridgehead atoms. The molecule has 0 heterocycles. The second-order valence-corrected chi connectivity index (χ2v) is 5.98. The molecule has 104 valence electrons. The number of rotatable bonds is 4. The Kier molecular flexibility index (Phi) is 4.93.